The van der Waals surface area contributed by atoms with Crippen molar-refractivity contribution in [1.29, 1.82) is 0 Å². The molecule has 1 heterocycles. The van der Waals surface area contributed by atoms with Crippen LogP contribution in [0.25, 0.3) is 0 Å². The van der Waals surface area contributed by atoms with Crippen LogP contribution in [0.4, 0.5) is 0 Å². The standard InChI is InChI=1S/C17H28N2O/c1-14(2)18-12-16-4-6-17(7-5-16)20-11-10-19-9-8-15(3)13-19/h4-7,14-15,18H,8-13H2,1-3H3. The van der Waals surface area contributed by atoms with E-state index in [-0.39, 0.29) is 0 Å². The summed E-state index contributed by atoms with van der Waals surface area (Å²) in [6.45, 7) is 11.9. The normalized spacial score (nSPS) is 19.7. The minimum atomic E-state index is 0.522. The van der Waals surface area contributed by atoms with E-state index in [1.165, 1.54) is 25.1 Å². The molecule has 3 nitrogen and oxygen atoms in total. The van der Waals surface area contributed by atoms with E-state index >= 15 is 0 Å². The van der Waals surface area contributed by atoms with Crippen LogP contribution in [0.1, 0.15) is 32.8 Å². The molecular formula is C17H28N2O. The van der Waals surface area contributed by atoms with Crippen LogP contribution in [0.3, 0.4) is 0 Å². The summed E-state index contributed by atoms with van der Waals surface area (Å²) in [5.74, 6) is 1.83. The SMILES string of the molecule is CC1CCN(CCOc2ccc(CNC(C)C)cc2)C1. The van der Waals surface area contributed by atoms with E-state index in [1.54, 1.807) is 0 Å². The van der Waals surface area contributed by atoms with Gasteiger partial charge in [0.05, 0.1) is 0 Å². The highest BCUT2D eigenvalue weighted by Gasteiger charge is 2.17. The van der Waals surface area contributed by atoms with Crippen molar-refractivity contribution < 1.29 is 4.74 Å². The highest BCUT2D eigenvalue weighted by atomic mass is 16.5. The van der Waals surface area contributed by atoms with Crippen LogP contribution in [0.5, 0.6) is 5.75 Å². The summed E-state index contributed by atoms with van der Waals surface area (Å²) in [6, 6.07) is 8.95. The lowest BCUT2D eigenvalue weighted by molar-refractivity contribution is 0.234. The van der Waals surface area contributed by atoms with Gasteiger partial charge in [0.15, 0.2) is 0 Å². The average Bonchev–Trinajstić information content (AvgIpc) is 2.83. The Hall–Kier alpha value is -1.06. The lowest BCUT2D eigenvalue weighted by atomic mass is 10.2. The van der Waals surface area contributed by atoms with Crippen molar-refractivity contribution in [3.05, 3.63) is 29.8 Å². The topological polar surface area (TPSA) is 24.5 Å². The molecule has 1 aromatic rings. The highest BCUT2D eigenvalue weighted by molar-refractivity contribution is 5.27. The Morgan fingerprint density at radius 1 is 1.30 bits per heavy atom. The first-order chi connectivity index (χ1) is 9.63. The van der Waals surface area contributed by atoms with E-state index in [9.17, 15) is 0 Å². The molecule has 0 spiro atoms. The largest absolute Gasteiger partial charge is 0.492 e. The number of likely N-dealkylation sites (tertiary alicyclic amines) is 1. The van der Waals surface area contributed by atoms with Crippen LogP contribution in [-0.2, 0) is 6.54 Å². The number of ether oxygens (including phenoxy) is 1. The van der Waals surface area contributed by atoms with Crippen molar-refractivity contribution in [1.82, 2.24) is 10.2 Å². The van der Waals surface area contributed by atoms with Crippen molar-refractivity contribution >= 4 is 0 Å². The third kappa shape index (κ3) is 5.14. The monoisotopic (exact) mass is 276 g/mol. The second-order valence-electron chi connectivity index (χ2n) is 6.22. The Morgan fingerprint density at radius 3 is 2.65 bits per heavy atom. The van der Waals surface area contributed by atoms with Crippen LogP contribution in [0, 0.1) is 5.92 Å². The number of rotatable bonds is 7. The maximum absolute atomic E-state index is 5.82. The number of hydrogen-bond donors (Lipinski definition) is 1. The van der Waals surface area contributed by atoms with E-state index in [4.69, 9.17) is 4.74 Å². The summed E-state index contributed by atoms with van der Waals surface area (Å²) in [5.41, 5.74) is 1.31. The number of hydrogen-bond acceptors (Lipinski definition) is 3. The molecule has 20 heavy (non-hydrogen) atoms. The van der Waals surface area contributed by atoms with Crippen LogP contribution in [0.2, 0.25) is 0 Å². The van der Waals surface area contributed by atoms with E-state index in [2.05, 4.69) is 55.3 Å². The minimum absolute atomic E-state index is 0.522. The van der Waals surface area contributed by atoms with Gasteiger partial charge in [0, 0.05) is 25.7 Å². The summed E-state index contributed by atoms with van der Waals surface area (Å²) in [5, 5.41) is 3.42. The summed E-state index contributed by atoms with van der Waals surface area (Å²) < 4.78 is 5.82. The maximum atomic E-state index is 5.82. The second kappa shape index (κ2) is 7.65. The van der Waals surface area contributed by atoms with Gasteiger partial charge in [0.1, 0.15) is 12.4 Å². The van der Waals surface area contributed by atoms with Gasteiger partial charge < -0.3 is 10.1 Å². The third-order valence-electron chi connectivity index (χ3n) is 3.82. The van der Waals surface area contributed by atoms with Crippen LogP contribution < -0.4 is 10.1 Å². The quantitative estimate of drug-likeness (QED) is 0.829. The Bertz CT molecular complexity index is 388. The fourth-order valence-electron chi connectivity index (χ4n) is 2.55. The predicted molar refractivity (Wildman–Crippen MR) is 84.1 cm³/mol. The molecule has 0 amide bonds. The van der Waals surface area contributed by atoms with Crippen molar-refractivity contribution in [2.75, 3.05) is 26.2 Å². The molecule has 3 heteroatoms. The Morgan fingerprint density at radius 2 is 2.05 bits per heavy atom. The molecule has 1 unspecified atom stereocenters. The first-order valence-electron chi connectivity index (χ1n) is 7.81. The van der Waals surface area contributed by atoms with E-state index < -0.39 is 0 Å². The molecule has 1 aliphatic heterocycles. The first kappa shape index (κ1) is 15.3. The van der Waals surface area contributed by atoms with Crippen molar-refractivity contribution in [2.45, 2.75) is 39.8 Å². The zero-order chi connectivity index (χ0) is 14.4. The zero-order valence-corrected chi connectivity index (χ0v) is 13.1. The molecule has 0 saturated carbocycles. The molecule has 1 aromatic carbocycles. The predicted octanol–water partition coefficient (Wildman–Crippen LogP) is 2.91. The summed E-state index contributed by atoms with van der Waals surface area (Å²) in [6.07, 6.45) is 1.33. The smallest absolute Gasteiger partial charge is 0.119 e. The average molecular weight is 276 g/mol. The lowest BCUT2D eigenvalue weighted by Gasteiger charge is -2.15. The molecule has 1 N–H and O–H groups in total. The van der Waals surface area contributed by atoms with Crippen LogP contribution in [-0.4, -0.2) is 37.2 Å². The van der Waals surface area contributed by atoms with Gasteiger partial charge in [-0.05, 0) is 36.6 Å². The zero-order valence-electron chi connectivity index (χ0n) is 13.1. The summed E-state index contributed by atoms with van der Waals surface area (Å²) in [7, 11) is 0. The molecule has 112 valence electrons. The fourth-order valence-corrected chi connectivity index (χ4v) is 2.55. The van der Waals surface area contributed by atoms with Gasteiger partial charge in [-0.25, -0.2) is 0 Å². The van der Waals surface area contributed by atoms with Gasteiger partial charge in [-0.3, -0.25) is 4.90 Å². The molecule has 1 aliphatic rings. The molecule has 1 atom stereocenters. The van der Waals surface area contributed by atoms with Crippen molar-refractivity contribution in [3.63, 3.8) is 0 Å². The van der Waals surface area contributed by atoms with Crippen LogP contribution in [0.15, 0.2) is 24.3 Å². The maximum Gasteiger partial charge on any atom is 0.119 e. The molecule has 0 radical (unpaired) electrons. The minimum Gasteiger partial charge on any atom is -0.492 e. The highest BCUT2D eigenvalue weighted by Crippen LogP contribution is 2.15. The molecular weight excluding hydrogens is 248 g/mol. The molecule has 0 aliphatic carbocycles. The van der Waals surface area contributed by atoms with E-state index in [0.29, 0.717) is 6.04 Å². The molecule has 0 bridgehead atoms. The third-order valence-corrected chi connectivity index (χ3v) is 3.82. The molecule has 2 rings (SSSR count). The number of nitrogens with zero attached hydrogens (tertiary/aromatic N) is 1. The lowest BCUT2D eigenvalue weighted by Crippen LogP contribution is -2.25. The van der Waals surface area contributed by atoms with Gasteiger partial charge >= 0.3 is 0 Å². The van der Waals surface area contributed by atoms with Crippen molar-refractivity contribution in [3.8, 4) is 5.75 Å². The molecule has 1 fully saturated rings. The van der Waals surface area contributed by atoms with Crippen LogP contribution >= 0.6 is 0 Å². The van der Waals surface area contributed by atoms with Gasteiger partial charge in [0.2, 0.25) is 0 Å². The first-order valence-corrected chi connectivity index (χ1v) is 7.81. The number of benzene rings is 1. The summed E-state index contributed by atoms with van der Waals surface area (Å²) >= 11 is 0. The van der Waals surface area contributed by atoms with E-state index in [0.717, 1.165) is 31.4 Å². The Balaban J connectivity index is 1.68. The second-order valence-corrected chi connectivity index (χ2v) is 6.22. The Kier molecular flexibility index (Phi) is 5.86. The fraction of sp³-hybridized carbons (Fsp3) is 0.647. The molecule has 0 aromatic heterocycles. The van der Waals surface area contributed by atoms with E-state index in [1.807, 2.05) is 0 Å². The van der Waals surface area contributed by atoms with Gasteiger partial charge in [-0.2, -0.15) is 0 Å². The van der Waals surface area contributed by atoms with Gasteiger partial charge in [-0.1, -0.05) is 32.9 Å². The number of nitrogens with one attached hydrogen (secondary N) is 1. The molecule has 1 saturated heterocycles. The van der Waals surface area contributed by atoms with Gasteiger partial charge in [-0.15, -0.1) is 0 Å². The van der Waals surface area contributed by atoms with Gasteiger partial charge in [0.25, 0.3) is 0 Å². The summed E-state index contributed by atoms with van der Waals surface area (Å²) in [4.78, 5) is 2.49. The Labute approximate surface area is 123 Å². The van der Waals surface area contributed by atoms with Crippen molar-refractivity contribution in [2.24, 2.45) is 5.92 Å².